The second-order valence-electron chi connectivity index (χ2n) is 5.92. The summed E-state index contributed by atoms with van der Waals surface area (Å²) in [7, 11) is 0. The predicted molar refractivity (Wildman–Crippen MR) is 116 cm³/mol. The molecule has 0 aliphatic heterocycles. The number of aromatic nitrogens is 1. The molecular formula is C20H18ClN3O2S2. The monoisotopic (exact) mass is 431 g/mol. The predicted octanol–water partition coefficient (Wildman–Crippen LogP) is 4.47. The average Bonchev–Trinajstić information content (AvgIpc) is 3.09. The van der Waals surface area contributed by atoms with E-state index in [1.54, 1.807) is 6.92 Å². The molecule has 0 radical (unpaired) electrons. The van der Waals surface area contributed by atoms with E-state index >= 15 is 0 Å². The summed E-state index contributed by atoms with van der Waals surface area (Å²) < 4.78 is 0. The number of aryl methyl sites for hydroxylation is 1. The van der Waals surface area contributed by atoms with Crippen LogP contribution in [0.2, 0.25) is 5.02 Å². The molecule has 0 saturated carbocycles. The molecule has 2 aromatic carbocycles. The van der Waals surface area contributed by atoms with E-state index in [4.69, 9.17) is 11.6 Å². The van der Waals surface area contributed by atoms with Crippen LogP contribution in [0, 0.1) is 6.92 Å². The van der Waals surface area contributed by atoms with Gasteiger partial charge in [-0.05, 0) is 24.6 Å². The van der Waals surface area contributed by atoms with Gasteiger partial charge in [0.1, 0.15) is 9.88 Å². The Morgan fingerprint density at radius 1 is 1.11 bits per heavy atom. The third-order valence-corrected chi connectivity index (χ3v) is 6.17. The van der Waals surface area contributed by atoms with Gasteiger partial charge < -0.3 is 0 Å². The topological polar surface area (TPSA) is 71.1 Å². The molecule has 0 aliphatic carbocycles. The van der Waals surface area contributed by atoms with Crippen LogP contribution in [0.15, 0.2) is 54.6 Å². The van der Waals surface area contributed by atoms with Gasteiger partial charge in [-0.1, -0.05) is 54.1 Å². The van der Waals surface area contributed by atoms with Gasteiger partial charge in [0.2, 0.25) is 5.91 Å². The van der Waals surface area contributed by atoms with Gasteiger partial charge in [-0.25, -0.2) is 4.98 Å². The van der Waals surface area contributed by atoms with E-state index in [9.17, 15) is 9.59 Å². The van der Waals surface area contributed by atoms with Crippen LogP contribution < -0.4 is 10.9 Å². The Bertz CT molecular complexity index is 977. The number of thioether (sulfide) groups is 1. The third kappa shape index (κ3) is 5.58. The molecule has 0 unspecified atom stereocenters. The van der Waals surface area contributed by atoms with Crippen molar-refractivity contribution < 1.29 is 9.59 Å². The van der Waals surface area contributed by atoms with Crippen LogP contribution >= 0.6 is 34.7 Å². The zero-order chi connectivity index (χ0) is 19.9. The van der Waals surface area contributed by atoms with Gasteiger partial charge in [0, 0.05) is 16.3 Å². The molecule has 144 valence electrons. The number of carbonyl (C=O) groups is 2. The van der Waals surface area contributed by atoms with Crippen molar-refractivity contribution in [3.8, 4) is 10.6 Å². The Balaban J connectivity index is 1.48. The molecule has 5 nitrogen and oxygen atoms in total. The van der Waals surface area contributed by atoms with Crippen LogP contribution in [-0.2, 0) is 10.5 Å². The van der Waals surface area contributed by atoms with Crippen molar-refractivity contribution in [3.05, 3.63) is 75.8 Å². The van der Waals surface area contributed by atoms with Crippen molar-refractivity contribution in [2.24, 2.45) is 0 Å². The van der Waals surface area contributed by atoms with Crippen molar-refractivity contribution >= 4 is 46.5 Å². The standard InChI is InChI=1S/C20H18ClN3O2S2/c1-13-18(28-20(22-13)15-7-3-2-4-8-15)19(26)24-23-17(25)12-27-11-14-6-5-9-16(21)10-14/h2-10H,11-12H2,1H3,(H,23,25)(H,24,26). The summed E-state index contributed by atoms with van der Waals surface area (Å²) in [5, 5.41) is 1.44. The highest BCUT2D eigenvalue weighted by atomic mass is 35.5. The molecule has 1 aromatic heterocycles. The molecule has 0 bridgehead atoms. The zero-order valence-electron chi connectivity index (χ0n) is 15.1. The van der Waals surface area contributed by atoms with E-state index in [0.29, 0.717) is 21.3 Å². The van der Waals surface area contributed by atoms with Crippen LogP contribution in [0.1, 0.15) is 20.9 Å². The fourth-order valence-corrected chi connectivity index (χ4v) is 4.37. The molecule has 1 heterocycles. The van der Waals surface area contributed by atoms with Crippen molar-refractivity contribution in [3.63, 3.8) is 0 Å². The number of thiazole rings is 1. The summed E-state index contributed by atoms with van der Waals surface area (Å²) in [5.74, 6) is 0.247. The number of hydrogen-bond acceptors (Lipinski definition) is 5. The largest absolute Gasteiger partial charge is 0.281 e. The SMILES string of the molecule is Cc1nc(-c2ccccc2)sc1C(=O)NNC(=O)CSCc1cccc(Cl)c1. The summed E-state index contributed by atoms with van der Waals surface area (Å²) in [6.07, 6.45) is 0. The molecule has 0 aliphatic rings. The Morgan fingerprint density at radius 3 is 2.64 bits per heavy atom. The van der Waals surface area contributed by atoms with E-state index in [1.807, 2.05) is 54.6 Å². The molecule has 3 rings (SSSR count). The number of halogens is 1. The van der Waals surface area contributed by atoms with Crippen LogP contribution in [0.5, 0.6) is 0 Å². The molecule has 2 N–H and O–H groups in total. The van der Waals surface area contributed by atoms with Crippen molar-refractivity contribution in [1.82, 2.24) is 15.8 Å². The molecule has 2 amide bonds. The smallest absolute Gasteiger partial charge is 0.272 e. The Morgan fingerprint density at radius 2 is 1.89 bits per heavy atom. The summed E-state index contributed by atoms with van der Waals surface area (Å²) in [6, 6.07) is 17.2. The first-order valence-corrected chi connectivity index (χ1v) is 10.8. The van der Waals surface area contributed by atoms with E-state index < -0.39 is 0 Å². The minimum Gasteiger partial charge on any atom is -0.272 e. The highest BCUT2D eigenvalue weighted by molar-refractivity contribution is 7.99. The minimum absolute atomic E-state index is 0.226. The number of hydrazine groups is 1. The van der Waals surface area contributed by atoms with Crippen LogP contribution in [-0.4, -0.2) is 22.6 Å². The van der Waals surface area contributed by atoms with Gasteiger partial charge in [-0.3, -0.25) is 20.4 Å². The molecular weight excluding hydrogens is 414 g/mol. The lowest BCUT2D eigenvalue weighted by molar-refractivity contribution is -0.119. The second kappa shape index (κ2) is 9.73. The number of nitrogens with one attached hydrogen (secondary N) is 2. The number of nitrogens with zero attached hydrogens (tertiary/aromatic N) is 1. The lowest BCUT2D eigenvalue weighted by atomic mass is 10.2. The normalized spacial score (nSPS) is 10.5. The van der Waals surface area contributed by atoms with Gasteiger partial charge in [-0.15, -0.1) is 23.1 Å². The first kappa shape index (κ1) is 20.4. The fourth-order valence-electron chi connectivity index (χ4n) is 2.42. The van der Waals surface area contributed by atoms with Crippen LogP contribution in [0.25, 0.3) is 10.6 Å². The third-order valence-electron chi connectivity index (χ3n) is 3.73. The summed E-state index contributed by atoms with van der Waals surface area (Å²) in [5.41, 5.74) is 7.54. The van der Waals surface area contributed by atoms with Crippen LogP contribution in [0.3, 0.4) is 0 Å². The quantitative estimate of drug-likeness (QED) is 0.565. The molecule has 0 saturated heterocycles. The minimum atomic E-state index is -0.370. The first-order chi connectivity index (χ1) is 13.5. The van der Waals surface area contributed by atoms with Crippen molar-refractivity contribution in [2.75, 3.05) is 5.75 Å². The molecule has 3 aromatic rings. The average molecular weight is 432 g/mol. The summed E-state index contributed by atoms with van der Waals surface area (Å²) in [4.78, 5) is 29.3. The maximum Gasteiger partial charge on any atom is 0.281 e. The van der Waals surface area contributed by atoms with E-state index in [2.05, 4.69) is 15.8 Å². The van der Waals surface area contributed by atoms with Gasteiger partial charge >= 0.3 is 0 Å². The number of amides is 2. The van der Waals surface area contributed by atoms with Crippen molar-refractivity contribution in [1.29, 1.82) is 0 Å². The van der Waals surface area contributed by atoms with E-state index in [1.165, 1.54) is 23.1 Å². The lowest BCUT2D eigenvalue weighted by Crippen LogP contribution is -2.42. The maximum absolute atomic E-state index is 12.4. The molecule has 0 fully saturated rings. The summed E-state index contributed by atoms with van der Waals surface area (Å²) >= 11 is 8.68. The number of benzene rings is 2. The van der Waals surface area contributed by atoms with Crippen molar-refractivity contribution in [2.45, 2.75) is 12.7 Å². The number of carbonyl (C=O) groups excluding carboxylic acids is 2. The Labute approximate surface area is 176 Å². The number of rotatable bonds is 6. The second-order valence-corrected chi connectivity index (χ2v) is 8.35. The molecule has 0 spiro atoms. The molecule has 8 heteroatoms. The Kier molecular flexibility index (Phi) is 7.08. The molecule has 28 heavy (non-hydrogen) atoms. The van der Waals surface area contributed by atoms with Gasteiger partial charge in [-0.2, -0.15) is 0 Å². The molecule has 0 atom stereocenters. The first-order valence-electron chi connectivity index (χ1n) is 8.47. The summed E-state index contributed by atoms with van der Waals surface area (Å²) in [6.45, 7) is 1.78. The van der Waals surface area contributed by atoms with E-state index in [0.717, 1.165) is 16.1 Å². The fraction of sp³-hybridized carbons (Fsp3) is 0.150. The van der Waals surface area contributed by atoms with Gasteiger partial charge in [0.05, 0.1) is 11.4 Å². The zero-order valence-corrected chi connectivity index (χ0v) is 17.5. The van der Waals surface area contributed by atoms with Crippen LogP contribution in [0.4, 0.5) is 0 Å². The highest BCUT2D eigenvalue weighted by Gasteiger charge is 2.16. The maximum atomic E-state index is 12.4. The van der Waals surface area contributed by atoms with E-state index in [-0.39, 0.29) is 17.6 Å². The highest BCUT2D eigenvalue weighted by Crippen LogP contribution is 2.27. The van der Waals surface area contributed by atoms with Gasteiger partial charge in [0.15, 0.2) is 0 Å². The Hall–Kier alpha value is -2.35. The van der Waals surface area contributed by atoms with Gasteiger partial charge in [0.25, 0.3) is 5.91 Å². The lowest BCUT2D eigenvalue weighted by Gasteiger charge is -2.06. The number of hydrogen-bond donors (Lipinski definition) is 2.